The van der Waals surface area contributed by atoms with Crippen LogP contribution in [0.5, 0.6) is 0 Å². The number of aromatic nitrogens is 5. The number of hydrogen-bond acceptors (Lipinski definition) is 6. The van der Waals surface area contributed by atoms with Gasteiger partial charge in [0.05, 0.1) is 11.9 Å². The number of H-pyrrole nitrogens is 2. The summed E-state index contributed by atoms with van der Waals surface area (Å²) in [6.45, 7) is 1.98. The first-order valence-corrected chi connectivity index (χ1v) is 6.26. The molecule has 0 saturated carbocycles. The van der Waals surface area contributed by atoms with Gasteiger partial charge in [-0.15, -0.1) is 0 Å². The summed E-state index contributed by atoms with van der Waals surface area (Å²) >= 11 is 0. The maximum absolute atomic E-state index is 12.2. The molecule has 0 aliphatic rings. The fraction of sp³-hybridized carbons (Fsp3) is 0.250. The number of aryl methyl sites for hydroxylation is 1. The molecule has 0 aliphatic carbocycles. The van der Waals surface area contributed by atoms with E-state index >= 15 is 0 Å². The van der Waals surface area contributed by atoms with E-state index in [4.69, 9.17) is 4.42 Å². The Morgan fingerprint density at radius 2 is 2.29 bits per heavy atom. The Balaban J connectivity index is 1.81. The maximum Gasteiger partial charge on any atom is 0.262 e. The molecule has 3 heterocycles. The van der Waals surface area contributed by atoms with Crippen LogP contribution in [0.3, 0.4) is 0 Å². The fourth-order valence-electron chi connectivity index (χ4n) is 2.06. The third-order valence-corrected chi connectivity index (χ3v) is 3.01. The number of fused-ring (bicyclic) bond motifs is 1. The minimum Gasteiger partial charge on any atom is -0.442 e. The molecule has 0 aliphatic heterocycles. The van der Waals surface area contributed by atoms with Crippen LogP contribution in [-0.4, -0.2) is 37.6 Å². The molecule has 3 rings (SSSR count). The Morgan fingerprint density at radius 3 is 3.05 bits per heavy atom. The van der Waals surface area contributed by atoms with Gasteiger partial charge >= 0.3 is 0 Å². The zero-order chi connectivity index (χ0) is 14.8. The van der Waals surface area contributed by atoms with Crippen molar-refractivity contribution in [3.8, 4) is 0 Å². The lowest BCUT2D eigenvalue weighted by Crippen LogP contribution is -2.27. The summed E-state index contributed by atoms with van der Waals surface area (Å²) in [5.41, 5.74) is -0.0502. The molecule has 0 unspecified atom stereocenters. The topological polar surface area (TPSA) is 130 Å². The molecule has 1 amide bonds. The molecule has 0 bridgehead atoms. The zero-order valence-corrected chi connectivity index (χ0v) is 11.1. The molecule has 0 fully saturated rings. The molecule has 108 valence electrons. The number of amides is 1. The number of nitrogens with zero attached hydrogens (tertiary/aromatic N) is 3. The molecule has 0 saturated heterocycles. The number of hydrogen-bond donors (Lipinski definition) is 3. The summed E-state index contributed by atoms with van der Waals surface area (Å²) in [7, 11) is 0. The van der Waals surface area contributed by atoms with E-state index in [9.17, 15) is 9.59 Å². The minimum absolute atomic E-state index is 0.150. The van der Waals surface area contributed by atoms with E-state index in [0.29, 0.717) is 24.6 Å². The van der Waals surface area contributed by atoms with Crippen molar-refractivity contribution in [1.29, 1.82) is 0 Å². The molecular weight excluding hydrogens is 276 g/mol. The van der Waals surface area contributed by atoms with E-state index in [1.165, 1.54) is 12.7 Å². The van der Waals surface area contributed by atoms with Crippen LogP contribution in [0.4, 0.5) is 0 Å². The number of furan rings is 1. The van der Waals surface area contributed by atoms with Crippen molar-refractivity contribution in [1.82, 2.24) is 30.5 Å². The van der Waals surface area contributed by atoms with Crippen molar-refractivity contribution in [3.05, 3.63) is 40.2 Å². The Kier molecular flexibility index (Phi) is 3.22. The van der Waals surface area contributed by atoms with Gasteiger partial charge in [0.1, 0.15) is 23.3 Å². The van der Waals surface area contributed by atoms with E-state index in [2.05, 4.69) is 30.5 Å². The number of rotatable bonds is 4. The summed E-state index contributed by atoms with van der Waals surface area (Å²) in [6, 6.07) is 0. The van der Waals surface area contributed by atoms with Crippen LogP contribution in [0.15, 0.2) is 21.9 Å². The van der Waals surface area contributed by atoms with Crippen LogP contribution in [0.2, 0.25) is 0 Å². The number of carbonyl (C=O) groups is 1. The maximum atomic E-state index is 12.2. The van der Waals surface area contributed by atoms with E-state index in [-0.39, 0.29) is 22.6 Å². The Bertz CT molecular complexity index is 832. The Morgan fingerprint density at radius 1 is 1.43 bits per heavy atom. The summed E-state index contributed by atoms with van der Waals surface area (Å²) in [5.74, 6) is 0.638. The molecular formula is C12H12N6O3. The number of aromatic amines is 2. The van der Waals surface area contributed by atoms with Gasteiger partial charge < -0.3 is 14.7 Å². The van der Waals surface area contributed by atoms with Crippen molar-refractivity contribution in [2.75, 3.05) is 6.54 Å². The van der Waals surface area contributed by atoms with Gasteiger partial charge in [0.15, 0.2) is 0 Å². The third kappa shape index (κ3) is 2.40. The molecule has 9 heteroatoms. The lowest BCUT2D eigenvalue weighted by molar-refractivity contribution is 0.0954. The van der Waals surface area contributed by atoms with Crippen molar-refractivity contribution in [3.63, 3.8) is 0 Å². The SMILES string of the molecule is Cc1oc2nc[nH]c(=O)c2c1C(=O)NCCc1ncn[nH]1. The van der Waals surface area contributed by atoms with E-state index in [1.807, 2.05) is 0 Å². The smallest absolute Gasteiger partial charge is 0.262 e. The van der Waals surface area contributed by atoms with Crippen LogP contribution in [-0.2, 0) is 6.42 Å². The van der Waals surface area contributed by atoms with Crippen LogP contribution >= 0.6 is 0 Å². The standard InChI is InChI=1S/C12H12N6O3/c1-6-8(9-11(20)15-4-16-12(9)21-6)10(19)13-3-2-7-14-5-17-18-7/h4-5H,2-3H2,1H3,(H,13,19)(H,14,17,18)(H,15,16,20). The van der Waals surface area contributed by atoms with Gasteiger partial charge in [0.2, 0.25) is 5.71 Å². The van der Waals surface area contributed by atoms with Crippen molar-refractivity contribution >= 4 is 17.0 Å². The predicted octanol–water partition coefficient (Wildman–Crippen LogP) is -0.0849. The lowest BCUT2D eigenvalue weighted by Gasteiger charge is -2.02. The van der Waals surface area contributed by atoms with Gasteiger partial charge in [-0.05, 0) is 6.92 Å². The van der Waals surface area contributed by atoms with Crippen LogP contribution in [0.1, 0.15) is 21.9 Å². The molecule has 0 aromatic carbocycles. The highest BCUT2D eigenvalue weighted by Crippen LogP contribution is 2.20. The van der Waals surface area contributed by atoms with E-state index < -0.39 is 5.56 Å². The molecule has 3 aromatic heterocycles. The summed E-state index contributed by atoms with van der Waals surface area (Å²) in [4.78, 5) is 34.3. The lowest BCUT2D eigenvalue weighted by atomic mass is 10.2. The van der Waals surface area contributed by atoms with Gasteiger partial charge in [-0.3, -0.25) is 14.7 Å². The van der Waals surface area contributed by atoms with Gasteiger partial charge in [-0.1, -0.05) is 0 Å². The quantitative estimate of drug-likeness (QED) is 0.615. The molecule has 0 atom stereocenters. The number of carbonyl (C=O) groups excluding carboxylic acids is 1. The largest absolute Gasteiger partial charge is 0.442 e. The van der Waals surface area contributed by atoms with E-state index in [0.717, 1.165) is 0 Å². The number of nitrogens with one attached hydrogen (secondary N) is 3. The first kappa shape index (κ1) is 13.0. The van der Waals surface area contributed by atoms with E-state index in [1.54, 1.807) is 6.92 Å². The highest BCUT2D eigenvalue weighted by atomic mass is 16.3. The van der Waals surface area contributed by atoms with Gasteiger partial charge in [-0.2, -0.15) is 5.10 Å². The third-order valence-electron chi connectivity index (χ3n) is 3.01. The second-order valence-electron chi connectivity index (χ2n) is 4.38. The first-order valence-electron chi connectivity index (χ1n) is 6.26. The highest BCUT2D eigenvalue weighted by molar-refractivity contribution is 6.06. The molecule has 3 N–H and O–H groups in total. The second-order valence-corrected chi connectivity index (χ2v) is 4.38. The van der Waals surface area contributed by atoms with Gasteiger partial charge in [0.25, 0.3) is 11.5 Å². The van der Waals surface area contributed by atoms with Crippen molar-refractivity contribution < 1.29 is 9.21 Å². The monoisotopic (exact) mass is 288 g/mol. The van der Waals surface area contributed by atoms with Crippen LogP contribution in [0, 0.1) is 6.92 Å². The average molecular weight is 288 g/mol. The molecule has 21 heavy (non-hydrogen) atoms. The normalized spacial score (nSPS) is 10.9. The summed E-state index contributed by atoms with van der Waals surface area (Å²) in [6.07, 6.45) is 3.14. The zero-order valence-electron chi connectivity index (χ0n) is 11.1. The molecule has 9 nitrogen and oxygen atoms in total. The average Bonchev–Trinajstić information content (AvgIpc) is 3.06. The Labute approximate surface area is 117 Å². The van der Waals surface area contributed by atoms with Crippen LogP contribution in [0.25, 0.3) is 11.1 Å². The highest BCUT2D eigenvalue weighted by Gasteiger charge is 2.21. The van der Waals surface area contributed by atoms with Crippen LogP contribution < -0.4 is 10.9 Å². The molecule has 0 radical (unpaired) electrons. The second kappa shape index (κ2) is 5.19. The molecule has 0 spiro atoms. The predicted molar refractivity (Wildman–Crippen MR) is 71.8 cm³/mol. The fourth-order valence-corrected chi connectivity index (χ4v) is 2.06. The van der Waals surface area contributed by atoms with Gasteiger partial charge in [0, 0.05) is 13.0 Å². The van der Waals surface area contributed by atoms with Crippen molar-refractivity contribution in [2.24, 2.45) is 0 Å². The Hall–Kier alpha value is -2.97. The minimum atomic E-state index is -0.405. The summed E-state index contributed by atoms with van der Waals surface area (Å²) in [5, 5.41) is 9.29. The van der Waals surface area contributed by atoms with Crippen molar-refractivity contribution in [2.45, 2.75) is 13.3 Å². The summed E-state index contributed by atoms with van der Waals surface area (Å²) < 4.78 is 5.33. The first-order chi connectivity index (χ1) is 10.2. The molecule has 3 aromatic rings. The van der Waals surface area contributed by atoms with Gasteiger partial charge in [-0.25, -0.2) is 9.97 Å².